The minimum atomic E-state index is 0.412. The summed E-state index contributed by atoms with van der Waals surface area (Å²) in [6.45, 7) is 2.12. The Kier molecular flexibility index (Phi) is 1.56. The fraction of sp³-hybridized carbons (Fsp3) is 0.455. The highest BCUT2D eigenvalue weighted by Gasteiger charge is 2.33. The van der Waals surface area contributed by atoms with E-state index in [1.165, 1.54) is 12.0 Å². The standard InChI is InChI=1S/C11H13NO/c1-2-4-10-8(3-1)5-9-6-12-7-11(9)13-10/h1-4,9,11-12H,5-7H2. The van der Waals surface area contributed by atoms with Gasteiger partial charge < -0.3 is 10.1 Å². The van der Waals surface area contributed by atoms with Crippen LogP contribution < -0.4 is 10.1 Å². The van der Waals surface area contributed by atoms with Crippen LogP contribution in [0.4, 0.5) is 0 Å². The van der Waals surface area contributed by atoms with Gasteiger partial charge in [0.25, 0.3) is 0 Å². The monoisotopic (exact) mass is 175 g/mol. The van der Waals surface area contributed by atoms with Crippen LogP contribution in [-0.4, -0.2) is 19.2 Å². The van der Waals surface area contributed by atoms with Gasteiger partial charge in [-0.25, -0.2) is 0 Å². The Morgan fingerprint density at radius 2 is 2.15 bits per heavy atom. The summed E-state index contributed by atoms with van der Waals surface area (Å²) in [5.41, 5.74) is 1.37. The van der Waals surface area contributed by atoms with Gasteiger partial charge in [-0.15, -0.1) is 0 Å². The summed E-state index contributed by atoms with van der Waals surface area (Å²) in [5, 5.41) is 3.37. The van der Waals surface area contributed by atoms with Gasteiger partial charge in [-0.3, -0.25) is 0 Å². The molecule has 2 aliphatic heterocycles. The molecule has 0 amide bonds. The van der Waals surface area contributed by atoms with Gasteiger partial charge in [0.15, 0.2) is 0 Å². The number of para-hydroxylation sites is 1. The van der Waals surface area contributed by atoms with Crippen LogP contribution in [0.25, 0.3) is 0 Å². The van der Waals surface area contributed by atoms with E-state index >= 15 is 0 Å². The number of benzene rings is 1. The molecule has 1 saturated heterocycles. The maximum atomic E-state index is 5.89. The largest absolute Gasteiger partial charge is 0.488 e. The van der Waals surface area contributed by atoms with Crippen molar-refractivity contribution in [3.05, 3.63) is 29.8 Å². The third kappa shape index (κ3) is 1.13. The minimum absolute atomic E-state index is 0.412. The van der Waals surface area contributed by atoms with Crippen molar-refractivity contribution in [2.75, 3.05) is 13.1 Å². The molecule has 0 spiro atoms. The maximum absolute atomic E-state index is 5.89. The van der Waals surface area contributed by atoms with E-state index in [4.69, 9.17) is 4.74 Å². The van der Waals surface area contributed by atoms with E-state index in [1.807, 2.05) is 6.07 Å². The first-order valence-electron chi connectivity index (χ1n) is 4.89. The number of nitrogens with one attached hydrogen (secondary N) is 1. The second kappa shape index (κ2) is 2.74. The van der Waals surface area contributed by atoms with Gasteiger partial charge in [0.2, 0.25) is 0 Å². The second-order valence-corrected chi connectivity index (χ2v) is 3.89. The summed E-state index contributed by atoms with van der Waals surface area (Å²) in [5.74, 6) is 1.78. The Balaban J connectivity index is 1.97. The van der Waals surface area contributed by atoms with E-state index < -0.39 is 0 Å². The van der Waals surface area contributed by atoms with Crippen LogP contribution in [0.15, 0.2) is 24.3 Å². The zero-order valence-corrected chi connectivity index (χ0v) is 7.49. The second-order valence-electron chi connectivity index (χ2n) is 3.89. The molecule has 2 heterocycles. The smallest absolute Gasteiger partial charge is 0.123 e. The third-order valence-corrected chi connectivity index (χ3v) is 3.01. The molecule has 2 atom stereocenters. The zero-order valence-electron chi connectivity index (χ0n) is 7.49. The van der Waals surface area contributed by atoms with Crippen LogP contribution in [-0.2, 0) is 6.42 Å². The van der Waals surface area contributed by atoms with Crippen LogP contribution >= 0.6 is 0 Å². The van der Waals surface area contributed by atoms with E-state index in [0.29, 0.717) is 12.0 Å². The van der Waals surface area contributed by atoms with Crippen LogP contribution in [0.1, 0.15) is 5.56 Å². The fourth-order valence-electron chi connectivity index (χ4n) is 2.28. The molecule has 2 nitrogen and oxygen atoms in total. The Hall–Kier alpha value is -1.02. The number of hydrogen-bond donors (Lipinski definition) is 1. The first kappa shape index (κ1) is 7.39. The van der Waals surface area contributed by atoms with Crippen molar-refractivity contribution in [3.8, 4) is 5.75 Å². The first-order chi connectivity index (χ1) is 6.43. The van der Waals surface area contributed by atoms with Crippen molar-refractivity contribution in [2.24, 2.45) is 5.92 Å². The lowest BCUT2D eigenvalue weighted by atomic mass is 9.93. The molecular formula is C11H13NO. The predicted molar refractivity (Wildman–Crippen MR) is 50.9 cm³/mol. The normalized spacial score (nSPS) is 30.5. The lowest BCUT2D eigenvalue weighted by Gasteiger charge is -2.27. The summed E-state index contributed by atoms with van der Waals surface area (Å²) in [4.78, 5) is 0. The number of hydrogen-bond acceptors (Lipinski definition) is 2. The number of fused-ring (bicyclic) bond motifs is 2. The van der Waals surface area contributed by atoms with Gasteiger partial charge in [0.05, 0.1) is 0 Å². The van der Waals surface area contributed by atoms with Crippen molar-refractivity contribution in [3.63, 3.8) is 0 Å². The molecule has 0 aliphatic carbocycles. The predicted octanol–water partition coefficient (Wildman–Crippen LogP) is 1.21. The first-order valence-corrected chi connectivity index (χ1v) is 4.89. The molecule has 0 saturated carbocycles. The van der Waals surface area contributed by atoms with Crippen molar-refractivity contribution in [1.29, 1.82) is 0 Å². The van der Waals surface area contributed by atoms with E-state index in [0.717, 1.165) is 18.8 Å². The van der Waals surface area contributed by atoms with Crippen LogP contribution in [0.2, 0.25) is 0 Å². The summed E-state index contributed by atoms with van der Waals surface area (Å²) < 4.78 is 5.89. The molecule has 1 aromatic rings. The lowest BCUT2D eigenvalue weighted by molar-refractivity contribution is 0.153. The fourth-order valence-corrected chi connectivity index (χ4v) is 2.28. The van der Waals surface area contributed by atoms with E-state index in [9.17, 15) is 0 Å². The van der Waals surface area contributed by atoms with E-state index in [2.05, 4.69) is 23.5 Å². The Labute approximate surface area is 77.9 Å². The van der Waals surface area contributed by atoms with E-state index in [1.54, 1.807) is 0 Å². The van der Waals surface area contributed by atoms with Gasteiger partial charge in [-0.2, -0.15) is 0 Å². The van der Waals surface area contributed by atoms with Crippen LogP contribution in [0.3, 0.4) is 0 Å². The van der Waals surface area contributed by atoms with Crippen molar-refractivity contribution in [1.82, 2.24) is 5.32 Å². The maximum Gasteiger partial charge on any atom is 0.123 e. The molecule has 2 aliphatic rings. The molecule has 1 aromatic carbocycles. The summed E-state index contributed by atoms with van der Waals surface area (Å²) >= 11 is 0. The lowest BCUT2D eigenvalue weighted by Crippen LogP contribution is -2.31. The highest BCUT2D eigenvalue weighted by Crippen LogP contribution is 2.31. The van der Waals surface area contributed by atoms with Crippen molar-refractivity contribution in [2.45, 2.75) is 12.5 Å². The van der Waals surface area contributed by atoms with Gasteiger partial charge in [-0.1, -0.05) is 18.2 Å². The number of rotatable bonds is 0. The topological polar surface area (TPSA) is 21.3 Å². The molecule has 0 aromatic heterocycles. The minimum Gasteiger partial charge on any atom is -0.488 e. The third-order valence-electron chi connectivity index (χ3n) is 3.01. The Morgan fingerprint density at radius 1 is 1.23 bits per heavy atom. The summed E-state index contributed by atoms with van der Waals surface area (Å²) in [7, 11) is 0. The molecule has 2 heteroatoms. The van der Waals surface area contributed by atoms with Gasteiger partial charge in [0, 0.05) is 19.0 Å². The summed E-state index contributed by atoms with van der Waals surface area (Å²) in [6.07, 6.45) is 1.59. The SMILES string of the molecule is c1ccc2c(c1)CC1CNCC1O2. The average molecular weight is 175 g/mol. The zero-order chi connectivity index (χ0) is 8.67. The van der Waals surface area contributed by atoms with E-state index in [-0.39, 0.29) is 0 Å². The van der Waals surface area contributed by atoms with Gasteiger partial charge in [-0.05, 0) is 18.1 Å². The van der Waals surface area contributed by atoms with Crippen LogP contribution in [0, 0.1) is 5.92 Å². The Bertz CT molecular complexity index is 293. The van der Waals surface area contributed by atoms with Crippen molar-refractivity contribution < 1.29 is 4.74 Å². The summed E-state index contributed by atoms with van der Waals surface area (Å²) in [6, 6.07) is 8.38. The quantitative estimate of drug-likeness (QED) is 0.640. The molecule has 0 radical (unpaired) electrons. The number of ether oxygens (including phenoxy) is 1. The molecule has 13 heavy (non-hydrogen) atoms. The average Bonchev–Trinajstić information content (AvgIpc) is 2.61. The molecule has 68 valence electrons. The van der Waals surface area contributed by atoms with Gasteiger partial charge in [0.1, 0.15) is 11.9 Å². The molecule has 1 fully saturated rings. The molecule has 2 unspecified atom stereocenters. The van der Waals surface area contributed by atoms with Crippen LogP contribution in [0.5, 0.6) is 5.75 Å². The highest BCUT2D eigenvalue weighted by molar-refractivity contribution is 5.36. The molecular weight excluding hydrogens is 162 g/mol. The molecule has 3 rings (SSSR count). The highest BCUT2D eigenvalue weighted by atomic mass is 16.5. The molecule has 0 bridgehead atoms. The Morgan fingerprint density at radius 3 is 3.15 bits per heavy atom. The molecule has 1 N–H and O–H groups in total. The van der Waals surface area contributed by atoms with Crippen molar-refractivity contribution >= 4 is 0 Å². The van der Waals surface area contributed by atoms with Gasteiger partial charge >= 0.3 is 0 Å².